The second-order valence-corrected chi connectivity index (χ2v) is 3.92. The molecule has 1 aliphatic carbocycles. The van der Waals surface area contributed by atoms with Crippen LogP contribution in [-0.2, 0) is 4.74 Å². The van der Waals surface area contributed by atoms with E-state index in [1.807, 2.05) is 0 Å². The second kappa shape index (κ2) is 4.02. The van der Waals surface area contributed by atoms with Crippen LogP contribution in [0.2, 0.25) is 0 Å². The summed E-state index contributed by atoms with van der Waals surface area (Å²) in [5.41, 5.74) is 5.52. The number of rotatable bonds is 4. The molecule has 0 saturated heterocycles. The Bertz CT molecular complexity index is 332. The highest BCUT2D eigenvalue weighted by molar-refractivity contribution is 5.38. The zero-order valence-electron chi connectivity index (χ0n) is 8.86. The number of hydrogen-bond donors (Lipinski definition) is 2. The van der Waals surface area contributed by atoms with Crippen molar-refractivity contribution in [2.75, 3.05) is 24.7 Å². The minimum Gasteiger partial charge on any atom is -0.382 e. The standard InChI is InChI=1S/C10H16N4O/c1-15-10(3-2-4-10)7-13-9-6-12-5-8(11)14-9/h5-6H,2-4,7H2,1H3,(H3,11,13,14). The number of anilines is 2. The van der Waals surface area contributed by atoms with Crippen molar-refractivity contribution in [2.45, 2.75) is 24.9 Å². The Morgan fingerprint density at radius 2 is 2.33 bits per heavy atom. The number of aromatic nitrogens is 2. The molecular weight excluding hydrogens is 192 g/mol. The molecule has 0 aliphatic heterocycles. The molecule has 1 fully saturated rings. The van der Waals surface area contributed by atoms with E-state index in [4.69, 9.17) is 10.5 Å². The van der Waals surface area contributed by atoms with Gasteiger partial charge in [-0.05, 0) is 19.3 Å². The summed E-state index contributed by atoms with van der Waals surface area (Å²) in [6.45, 7) is 0.766. The van der Waals surface area contributed by atoms with Gasteiger partial charge in [-0.2, -0.15) is 0 Å². The highest BCUT2D eigenvalue weighted by Crippen LogP contribution is 2.34. The van der Waals surface area contributed by atoms with E-state index < -0.39 is 0 Å². The Kier molecular flexibility index (Phi) is 2.73. The monoisotopic (exact) mass is 208 g/mol. The van der Waals surface area contributed by atoms with Gasteiger partial charge in [-0.15, -0.1) is 0 Å². The third-order valence-electron chi connectivity index (χ3n) is 2.94. The third-order valence-corrected chi connectivity index (χ3v) is 2.94. The number of ether oxygens (including phenoxy) is 1. The molecule has 0 unspecified atom stereocenters. The average Bonchev–Trinajstić information content (AvgIpc) is 2.17. The highest BCUT2D eigenvalue weighted by Gasteiger charge is 2.36. The summed E-state index contributed by atoms with van der Waals surface area (Å²) in [6.07, 6.45) is 6.63. The first kappa shape index (κ1) is 10.2. The fourth-order valence-corrected chi connectivity index (χ4v) is 1.74. The fraction of sp³-hybridized carbons (Fsp3) is 0.600. The second-order valence-electron chi connectivity index (χ2n) is 3.92. The van der Waals surface area contributed by atoms with Crippen molar-refractivity contribution < 1.29 is 4.74 Å². The van der Waals surface area contributed by atoms with Crippen LogP contribution in [0.5, 0.6) is 0 Å². The van der Waals surface area contributed by atoms with E-state index in [0.717, 1.165) is 19.4 Å². The van der Waals surface area contributed by atoms with Crippen molar-refractivity contribution >= 4 is 11.6 Å². The van der Waals surface area contributed by atoms with E-state index in [2.05, 4.69) is 15.3 Å². The van der Waals surface area contributed by atoms with Crippen LogP contribution in [-0.4, -0.2) is 29.2 Å². The van der Waals surface area contributed by atoms with Crippen molar-refractivity contribution in [3.05, 3.63) is 12.4 Å². The Labute approximate surface area is 89.1 Å². The highest BCUT2D eigenvalue weighted by atomic mass is 16.5. The Balaban J connectivity index is 1.92. The van der Waals surface area contributed by atoms with E-state index in [1.165, 1.54) is 12.6 Å². The summed E-state index contributed by atoms with van der Waals surface area (Å²) in [7, 11) is 1.76. The van der Waals surface area contributed by atoms with Gasteiger partial charge < -0.3 is 15.8 Å². The Morgan fingerprint density at radius 1 is 1.53 bits per heavy atom. The van der Waals surface area contributed by atoms with Crippen LogP contribution >= 0.6 is 0 Å². The van der Waals surface area contributed by atoms with Gasteiger partial charge in [0.15, 0.2) is 0 Å². The van der Waals surface area contributed by atoms with Gasteiger partial charge in [-0.1, -0.05) is 0 Å². The predicted octanol–water partition coefficient (Wildman–Crippen LogP) is 1.04. The molecule has 1 aromatic heterocycles. The molecule has 15 heavy (non-hydrogen) atoms. The number of nitrogens with one attached hydrogen (secondary N) is 1. The first-order valence-electron chi connectivity index (χ1n) is 5.11. The van der Waals surface area contributed by atoms with Gasteiger partial charge in [0.25, 0.3) is 0 Å². The van der Waals surface area contributed by atoms with Gasteiger partial charge in [-0.3, -0.25) is 4.98 Å². The maximum Gasteiger partial charge on any atom is 0.147 e. The number of nitrogens with zero attached hydrogens (tertiary/aromatic N) is 2. The molecule has 0 bridgehead atoms. The summed E-state index contributed by atoms with van der Waals surface area (Å²) in [6, 6.07) is 0. The van der Waals surface area contributed by atoms with Crippen LogP contribution in [0.3, 0.4) is 0 Å². The lowest BCUT2D eigenvalue weighted by Crippen LogP contribution is -2.45. The molecule has 0 atom stereocenters. The minimum absolute atomic E-state index is 0.00766. The van der Waals surface area contributed by atoms with Crippen LogP contribution in [0.25, 0.3) is 0 Å². The van der Waals surface area contributed by atoms with Crippen LogP contribution in [0.4, 0.5) is 11.6 Å². The zero-order chi connectivity index (χ0) is 10.7. The van der Waals surface area contributed by atoms with Gasteiger partial charge in [0.05, 0.1) is 18.0 Å². The summed E-state index contributed by atoms with van der Waals surface area (Å²) >= 11 is 0. The zero-order valence-corrected chi connectivity index (χ0v) is 8.86. The van der Waals surface area contributed by atoms with Crippen molar-refractivity contribution in [3.63, 3.8) is 0 Å². The lowest BCUT2D eigenvalue weighted by molar-refractivity contribution is -0.0601. The molecule has 0 amide bonds. The van der Waals surface area contributed by atoms with Gasteiger partial charge in [0.2, 0.25) is 0 Å². The summed E-state index contributed by atoms with van der Waals surface area (Å²) in [5, 5.41) is 3.20. The van der Waals surface area contributed by atoms with Gasteiger partial charge >= 0.3 is 0 Å². The molecule has 1 aliphatic rings. The number of nitrogens with two attached hydrogens (primary N) is 1. The molecule has 0 radical (unpaired) electrons. The van der Waals surface area contributed by atoms with Crippen molar-refractivity contribution in [3.8, 4) is 0 Å². The largest absolute Gasteiger partial charge is 0.382 e. The SMILES string of the molecule is COC1(CNc2cncc(N)n2)CCC1. The molecule has 1 aromatic rings. The van der Waals surface area contributed by atoms with Gasteiger partial charge in [-0.25, -0.2) is 4.98 Å². The van der Waals surface area contributed by atoms with E-state index >= 15 is 0 Å². The lowest BCUT2D eigenvalue weighted by atomic mass is 9.80. The van der Waals surface area contributed by atoms with Gasteiger partial charge in [0.1, 0.15) is 11.6 Å². The summed E-state index contributed by atoms with van der Waals surface area (Å²) < 4.78 is 5.48. The molecule has 5 nitrogen and oxygen atoms in total. The van der Waals surface area contributed by atoms with Crippen molar-refractivity contribution in [2.24, 2.45) is 0 Å². The third kappa shape index (κ3) is 2.18. The number of hydrogen-bond acceptors (Lipinski definition) is 5. The van der Waals surface area contributed by atoms with E-state index in [-0.39, 0.29) is 5.60 Å². The van der Waals surface area contributed by atoms with Crippen molar-refractivity contribution in [1.29, 1.82) is 0 Å². The molecule has 1 saturated carbocycles. The summed E-state index contributed by atoms with van der Waals surface area (Å²) in [5.74, 6) is 1.14. The molecular formula is C10H16N4O. The van der Waals surface area contributed by atoms with Gasteiger partial charge in [0, 0.05) is 13.7 Å². The van der Waals surface area contributed by atoms with Crippen LogP contribution < -0.4 is 11.1 Å². The molecule has 1 heterocycles. The predicted molar refractivity (Wildman–Crippen MR) is 58.5 cm³/mol. The smallest absolute Gasteiger partial charge is 0.147 e. The van der Waals surface area contributed by atoms with E-state index in [9.17, 15) is 0 Å². The Morgan fingerprint density at radius 3 is 2.87 bits per heavy atom. The fourth-order valence-electron chi connectivity index (χ4n) is 1.74. The topological polar surface area (TPSA) is 73.1 Å². The maximum atomic E-state index is 5.53. The number of nitrogen functional groups attached to an aromatic ring is 1. The molecule has 2 rings (SSSR count). The lowest BCUT2D eigenvalue weighted by Gasteiger charge is -2.40. The summed E-state index contributed by atoms with van der Waals surface area (Å²) in [4.78, 5) is 8.08. The first-order valence-corrected chi connectivity index (χ1v) is 5.11. The van der Waals surface area contributed by atoms with Crippen LogP contribution in [0.15, 0.2) is 12.4 Å². The molecule has 3 N–H and O–H groups in total. The van der Waals surface area contributed by atoms with E-state index in [0.29, 0.717) is 11.6 Å². The quantitative estimate of drug-likeness (QED) is 0.773. The normalized spacial score (nSPS) is 18.2. The molecule has 82 valence electrons. The maximum absolute atomic E-state index is 5.53. The average molecular weight is 208 g/mol. The van der Waals surface area contributed by atoms with Crippen LogP contribution in [0, 0.1) is 0 Å². The molecule has 0 aromatic carbocycles. The minimum atomic E-state index is -0.00766. The first-order chi connectivity index (χ1) is 7.24. The molecule has 0 spiro atoms. The Hall–Kier alpha value is -1.36. The number of methoxy groups -OCH3 is 1. The molecule has 5 heteroatoms. The van der Waals surface area contributed by atoms with Crippen LogP contribution in [0.1, 0.15) is 19.3 Å². The van der Waals surface area contributed by atoms with Crippen molar-refractivity contribution in [1.82, 2.24) is 9.97 Å². The van der Waals surface area contributed by atoms with E-state index in [1.54, 1.807) is 13.3 Å².